The molecule has 3 aromatic rings. The van der Waals surface area contributed by atoms with Crippen LogP contribution in [0, 0.1) is 27.7 Å². The summed E-state index contributed by atoms with van der Waals surface area (Å²) < 4.78 is 28.8. The maximum Gasteiger partial charge on any atom is 0.182 e. The van der Waals surface area contributed by atoms with Gasteiger partial charge in [-0.05, 0) is 30.4 Å². The molecule has 3 rings (SSSR count). The third kappa shape index (κ3) is 2.20. The van der Waals surface area contributed by atoms with Gasteiger partial charge in [-0.15, -0.1) is 0 Å². The monoisotopic (exact) mass is 321 g/mol. The van der Waals surface area contributed by atoms with Crippen LogP contribution in [0.1, 0.15) is 5.56 Å². The molecule has 2 aromatic carbocycles. The molecule has 0 aliphatic carbocycles. The number of aromatic amines is 1. The molecule has 0 saturated heterocycles. The van der Waals surface area contributed by atoms with Crippen molar-refractivity contribution < 1.29 is 8.78 Å². The van der Waals surface area contributed by atoms with E-state index in [0.29, 0.717) is 16.3 Å². The van der Waals surface area contributed by atoms with Gasteiger partial charge in [0.1, 0.15) is 17.4 Å². The van der Waals surface area contributed by atoms with E-state index in [1.54, 1.807) is 6.07 Å². The molecule has 7 heteroatoms. The lowest BCUT2D eigenvalue weighted by atomic mass is 10.2. The number of fused-ring (bicyclic) bond motifs is 1. The van der Waals surface area contributed by atoms with E-state index in [2.05, 4.69) is 4.98 Å². The van der Waals surface area contributed by atoms with E-state index in [0.717, 1.165) is 12.1 Å². The highest BCUT2D eigenvalue weighted by Crippen LogP contribution is 2.26. The normalized spacial score (nSPS) is 10.8. The van der Waals surface area contributed by atoms with Crippen LogP contribution in [0.5, 0.6) is 0 Å². The number of halogens is 3. The molecule has 0 atom stereocenters. The summed E-state index contributed by atoms with van der Waals surface area (Å²) in [5, 5.41) is 9.57. The molecule has 104 valence electrons. The minimum atomic E-state index is -0.754. The molecule has 3 nitrogen and oxygen atoms in total. The summed E-state index contributed by atoms with van der Waals surface area (Å²) in [6, 6.07) is 8.52. The summed E-state index contributed by atoms with van der Waals surface area (Å²) >= 11 is 11.1. The van der Waals surface area contributed by atoms with Gasteiger partial charge < -0.3 is 4.98 Å². The van der Waals surface area contributed by atoms with Crippen molar-refractivity contribution in [3.63, 3.8) is 0 Å². The fourth-order valence-corrected chi connectivity index (χ4v) is 2.62. The number of nitrogens with zero attached hydrogens (tertiary/aromatic N) is 2. The molecule has 0 amide bonds. The molecular formula is C14H6ClF2N3S. The molecule has 0 saturated carbocycles. The van der Waals surface area contributed by atoms with Gasteiger partial charge in [0.15, 0.2) is 10.6 Å². The molecule has 1 heterocycles. The minimum absolute atomic E-state index is 0.0743. The largest absolute Gasteiger partial charge is 0.328 e. The third-order valence-electron chi connectivity index (χ3n) is 3.03. The standard InChI is InChI=1S/C14H6ClF2N3S/c15-8-2-1-7(6-18)11(3-8)20-12-5-9(16)4-10(17)13(12)19-14(20)21/h1-5H,(H,19,21). The predicted molar refractivity (Wildman–Crippen MR) is 78.1 cm³/mol. The molecule has 1 aromatic heterocycles. The van der Waals surface area contributed by atoms with Crippen LogP contribution >= 0.6 is 23.8 Å². The lowest BCUT2D eigenvalue weighted by Gasteiger charge is -2.07. The molecule has 21 heavy (non-hydrogen) atoms. The molecule has 0 spiro atoms. The third-order valence-corrected chi connectivity index (χ3v) is 3.55. The van der Waals surface area contributed by atoms with Crippen molar-refractivity contribution in [3.8, 4) is 11.8 Å². The van der Waals surface area contributed by atoms with Crippen LogP contribution in [0.15, 0.2) is 30.3 Å². The van der Waals surface area contributed by atoms with E-state index in [9.17, 15) is 14.0 Å². The highest BCUT2D eigenvalue weighted by Gasteiger charge is 2.15. The number of benzene rings is 2. The number of H-pyrrole nitrogens is 1. The van der Waals surface area contributed by atoms with E-state index in [1.807, 2.05) is 6.07 Å². The van der Waals surface area contributed by atoms with Gasteiger partial charge in [-0.3, -0.25) is 4.57 Å². The Labute approximate surface area is 128 Å². The quantitative estimate of drug-likeness (QED) is 0.671. The second kappa shape index (κ2) is 4.95. The average molecular weight is 322 g/mol. The number of rotatable bonds is 1. The smallest absolute Gasteiger partial charge is 0.182 e. The van der Waals surface area contributed by atoms with E-state index in [4.69, 9.17) is 23.8 Å². The molecule has 0 radical (unpaired) electrons. The SMILES string of the molecule is N#Cc1ccc(Cl)cc1-n1c(=S)[nH]c2c(F)cc(F)cc21. The molecular weight excluding hydrogens is 316 g/mol. The van der Waals surface area contributed by atoms with E-state index >= 15 is 0 Å². The minimum Gasteiger partial charge on any atom is -0.328 e. The van der Waals surface area contributed by atoms with Crippen LogP contribution in [0.2, 0.25) is 5.02 Å². The summed E-state index contributed by atoms with van der Waals surface area (Å²) in [5.41, 5.74) is 0.939. The maximum atomic E-state index is 13.8. The summed E-state index contributed by atoms with van der Waals surface area (Å²) in [5.74, 6) is -1.49. The van der Waals surface area contributed by atoms with Crippen LogP contribution in [0.4, 0.5) is 8.78 Å². The first-order valence-electron chi connectivity index (χ1n) is 5.81. The summed E-state index contributed by atoms with van der Waals surface area (Å²) in [7, 11) is 0. The van der Waals surface area contributed by atoms with Gasteiger partial charge in [0, 0.05) is 17.2 Å². The second-order valence-electron chi connectivity index (χ2n) is 4.32. The van der Waals surface area contributed by atoms with Crippen molar-refractivity contribution in [1.82, 2.24) is 9.55 Å². The summed E-state index contributed by atoms with van der Waals surface area (Å²) in [6.45, 7) is 0. The zero-order valence-corrected chi connectivity index (χ0v) is 11.9. The second-order valence-corrected chi connectivity index (χ2v) is 5.14. The maximum absolute atomic E-state index is 13.8. The molecule has 1 N–H and O–H groups in total. The summed E-state index contributed by atoms with van der Waals surface area (Å²) in [4.78, 5) is 2.68. The number of imidazole rings is 1. The van der Waals surface area contributed by atoms with Crippen molar-refractivity contribution in [2.45, 2.75) is 0 Å². The molecule has 0 aliphatic rings. The number of nitrogens with one attached hydrogen (secondary N) is 1. The highest BCUT2D eigenvalue weighted by atomic mass is 35.5. The molecule has 0 aliphatic heterocycles. The Morgan fingerprint density at radius 1 is 1.24 bits per heavy atom. The number of nitriles is 1. The Balaban J connectivity index is 2.47. The van der Waals surface area contributed by atoms with Crippen LogP contribution in [-0.4, -0.2) is 9.55 Å². The lowest BCUT2D eigenvalue weighted by Crippen LogP contribution is -1.98. The van der Waals surface area contributed by atoms with Crippen molar-refractivity contribution >= 4 is 34.9 Å². The van der Waals surface area contributed by atoms with Crippen LogP contribution in [0.25, 0.3) is 16.7 Å². The van der Waals surface area contributed by atoms with Gasteiger partial charge in [-0.1, -0.05) is 11.6 Å². The average Bonchev–Trinajstić information content (AvgIpc) is 2.75. The van der Waals surface area contributed by atoms with Crippen LogP contribution < -0.4 is 0 Å². The first-order valence-corrected chi connectivity index (χ1v) is 6.59. The van der Waals surface area contributed by atoms with Crippen molar-refractivity contribution in [1.29, 1.82) is 5.26 Å². The lowest BCUT2D eigenvalue weighted by molar-refractivity contribution is 0.590. The Morgan fingerprint density at radius 3 is 2.71 bits per heavy atom. The van der Waals surface area contributed by atoms with Crippen molar-refractivity contribution in [2.24, 2.45) is 0 Å². The zero-order chi connectivity index (χ0) is 15.1. The topological polar surface area (TPSA) is 44.5 Å². The predicted octanol–water partition coefficient (Wildman–Crippen LogP) is 4.49. The Bertz CT molecular complexity index is 969. The Morgan fingerprint density at radius 2 is 2.00 bits per heavy atom. The fraction of sp³-hybridized carbons (Fsp3) is 0. The van der Waals surface area contributed by atoms with E-state index in [1.165, 1.54) is 16.7 Å². The van der Waals surface area contributed by atoms with Crippen LogP contribution in [-0.2, 0) is 0 Å². The van der Waals surface area contributed by atoms with Gasteiger partial charge in [-0.25, -0.2) is 8.78 Å². The number of aromatic nitrogens is 2. The Kier molecular flexibility index (Phi) is 3.24. The van der Waals surface area contributed by atoms with E-state index < -0.39 is 11.6 Å². The number of hydrogen-bond acceptors (Lipinski definition) is 2. The first kappa shape index (κ1) is 13.7. The number of hydrogen-bond donors (Lipinski definition) is 1. The van der Waals surface area contributed by atoms with Crippen LogP contribution in [0.3, 0.4) is 0 Å². The fourth-order valence-electron chi connectivity index (χ4n) is 2.16. The Hall–Kier alpha value is -2.23. The summed E-state index contributed by atoms with van der Waals surface area (Å²) in [6.07, 6.45) is 0. The zero-order valence-electron chi connectivity index (χ0n) is 10.3. The van der Waals surface area contributed by atoms with Gasteiger partial charge >= 0.3 is 0 Å². The highest BCUT2D eigenvalue weighted by molar-refractivity contribution is 7.71. The van der Waals surface area contributed by atoms with E-state index in [-0.39, 0.29) is 15.8 Å². The van der Waals surface area contributed by atoms with Crippen molar-refractivity contribution in [3.05, 3.63) is 57.3 Å². The van der Waals surface area contributed by atoms with Crippen molar-refractivity contribution in [2.75, 3.05) is 0 Å². The first-order chi connectivity index (χ1) is 10.0. The molecule has 0 bridgehead atoms. The van der Waals surface area contributed by atoms with Gasteiger partial charge in [0.05, 0.1) is 16.8 Å². The molecule has 0 unspecified atom stereocenters. The molecule has 0 fully saturated rings. The van der Waals surface area contributed by atoms with Gasteiger partial charge in [-0.2, -0.15) is 5.26 Å². The van der Waals surface area contributed by atoms with Gasteiger partial charge in [0.2, 0.25) is 0 Å². The van der Waals surface area contributed by atoms with Gasteiger partial charge in [0.25, 0.3) is 0 Å².